The highest BCUT2D eigenvalue weighted by Crippen LogP contribution is 2.49. The largest absolute Gasteiger partial charge is 0.355 e. The van der Waals surface area contributed by atoms with E-state index >= 15 is 0 Å². The van der Waals surface area contributed by atoms with Gasteiger partial charge in [0.05, 0.1) is 5.75 Å². The molecule has 1 saturated carbocycles. The minimum atomic E-state index is -3.20. The van der Waals surface area contributed by atoms with Crippen molar-refractivity contribution >= 4 is 26.7 Å². The molecule has 1 aliphatic rings. The monoisotopic (exact) mass is 346 g/mol. The summed E-state index contributed by atoms with van der Waals surface area (Å²) in [6, 6.07) is 14.4. The van der Waals surface area contributed by atoms with E-state index in [4.69, 9.17) is 0 Å². The van der Waals surface area contributed by atoms with Gasteiger partial charge < -0.3 is 5.32 Å². The van der Waals surface area contributed by atoms with E-state index in [1.54, 1.807) is 6.92 Å². The van der Waals surface area contributed by atoms with Crippen LogP contribution in [-0.2, 0) is 14.8 Å². The number of carbonyl (C=O) groups excluding carboxylic acids is 1. The summed E-state index contributed by atoms with van der Waals surface area (Å²) in [5.41, 5.74) is 1.22. The summed E-state index contributed by atoms with van der Waals surface area (Å²) >= 11 is 0. The van der Waals surface area contributed by atoms with Gasteiger partial charge in [0, 0.05) is 19.0 Å². The van der Waals surface area contributed by atoms with E-state index in [0.29, 0.717) is 6.54 Å². The van der Waals surface area contributed by atoms with E-state index in [-0.39, 0.29) is 30.0 Å². The van der Waals surface area contributed by atoms with Gasteiger partial charge in [-0.2, -0.15) is 0 Å². The highest BCUT2D eigenvalue weighted by Gasteiger charge is 2.44. The average Bonchev–Trinajstić information content (AvgIpc) is 3.39. The number of fused-ring (bicyclic) bond motifs is 1. The first-order chi connectivity index (χ1) is 11.5. The van der Waals surface area contributed by atoms with Gasteiger partial charge in [-0.05, 0) is 35.6 Å². The van der Waals surface area contributed by atoms with Crippen molar-refractivity contribution in [3.8, 4) is 0 Å². The Morgan fingerprint density at radius 2 is 1.88 bits per heavy atom. The second-order valence-corrected chi connectivity index (χ2v) is 8.20. The van der Waals surface area contributed by atoms with Gasteiger partial charge in [-0.15, -0.1) is 0 Å². The first kappa shape index (κ1) is 16.9. The zero-order valence-corrected chi connectivity index (χ0v) is 14.5. The summed E-state index contributed by atoms with van der Waals surface area (Å²) in [5, 5.41) is 5.22. The Kier molecular flexibility index (Phi) is 4.87. The second kappa shape index (κ2) is 6.91. The van der Waals surface area contributed by atoms with Crippen molar-refractivity contribution < 1.29 is 13.2 Å². The van der Waals surface area contributed by atoms with E-state index in [2.05, 4.69) is 34.3 Å². The van der Waals surface area contributed by atoms with E-state index in [0.717, 1.165) is 6.42 Å². The number of sulfonamides is 1. The number of hydrogen-bond acceptors (Lipinski definition) is 3. The summed E-state index contributed by atoms with van der Waals surface area (Å²) < 4.78 is 25.1. The molecule has 2 atom stereocenters. The van der Waals surface area contributed by atoms with Crippen LogP contribution in [0.15, 0.2) is 42.5 Å². The molecule has 1 aliphatic carbocycles. The highest BCUT2D eigenvalue weighted by molar-refractivity contribution is 7.89. The summed E-state index contributed by atoms with van der Waals surface area (Å²) in [7, 11) is -3.20. The van der Waals surface area contributed by atoms with Crippen LogP contribution in [0.3, 0.4) is 0 Å². The van der Waals surface area contributed by atoms with Crippen molar-refractivity contribution in [1.82, 2.24) is 10.0 Å². The Morgan fingerprint density at radius 1 is 1.12 bits per heavy atom. The molecular formula is C18H22N2O3S. The number of hydrogen-bond donors (Lipinski definition) is 2. The van der Waals surface area contributed by atoms with Crippen molar-refractivity contribution in [2.45, 2.75) is 19.3 Å². The molecule has 5 nitrogen and oxygen atoms in total. The van der Waals surface area contributed by atoms with Crippen molar-refractivity contribution in [3.63, 3.8) is 0 Å². The van der Waals surface area contributed by atoms with E-state index in [9.17, 15) is 13.2 Å². The standard InChI is InChI=1S/C18H22N2O3S/c1-2-24(22,23)20-11-10-19-18(21)17-12-16(17)15-9-5-7-13-6-3-4-8-14(13)15/h3-9,16-17,20H,2,10-12H2,1H3,(H,19,21)/t16-,17-/m0/s1. The topological polar surface area (TPSA) is 75.3 Å². The molecule has 1 fully saturated rings. The highest BCUT2D eigenvalue weighted by atomic mass is 32.2. The second-order valence-electron chi connectivity index (χ2n) is 6.11. The van der Waals surface area contributed by atoms with Crippen LogP contribution in [0.1, 0.15) is 24.8 Å². The Labute approximate surface area is 142 Å². The Hall–Kier alpha value is -1.92. The van der Waals surface area contributed by atoms with Crippen molar-refractivity contribution in [1.29, 1.82) is 0 Å². The lowest BCUT2D eigenvalue weighted by Crippen LogP contribution is -2.36. The molecule has 2 aromatic rings. The summed E-state index contributed by atoms with van der Waals surface area (Å²) in [4.78, 5) is 12.2. The Morgan fingerprint density at radius 3 is 2.67 bits per heavy atom. The van der Waals surface area contributed by atoms with E-state index < -0.39 is 10.0 Å². The SMILES string of the molecule is CCS(=O)(=O)NCCNC(=O)[C@H]1C[C@H]1c1cccc2ccccc12. The number of benzene rings is 2. The third-order valence-electron chi connectivity index (χ3n) is 4.48. The molecule has 0 saturated heterocycles. The molecular weight excluding hydrogens is 324 g/mol. The zero-order chi connectivity index (χ0) is 17.2. The molecule has 3 rings (SSSR count). The molecule has 0 unspecified atom stereocenters. The van der Waals surface area contributed by atoms with Gasteiger partial charge >= 0.3 is 0 Å². The van der Waals surface area contributed by atoms with Gasteiger partial charge in [0.1, 0.15) is 0 Å². The Bertz CT molecular complexity index is 843. The fourth-order valence-corrected chi connectivity index (χ4v) is 3.64. The molecule has 2 N–H and O–H groups in total. The third-order valence-corrected chi connectivity index (χ3v) is 5.88. The predicted octanol–water partition coefficient (Wildman–Crippen LogP) is 2.00. The molecule has 0 spiro atoms. The van der Waals surface area contributed by atoms with Crippen LogP contribution in [0.4, 0.5) is 0 Å². The predicted molar refractivity (Wildman–Crippen MR) is 95.3 cm³/mol. The maximum absolute atomic E-state index is 12.2. The minimum absolute atomic E-state index is 0.00336. The van der Waals surface area contributed by atoms with Crippen molar-refractivity contribution in [2.24, 2.45) is 5.92 Å². The fourth-order valence-electron chi connectivity index (χ4n) is 3.03. The van der Waals surface area contributed by atoms with Crippen LogP contribution in [0, 0.1) is 5.92 Å². The smallest absolute Gasteiger partial charge is 0.223 e. The fraction of sp³-hybridized carbons (Fsp3) is 0.389. The number of amides is 1. The summed E-state index contributed by atoms with van der Waals surface area (Å²) in [6.45, 7) is 2.13. The summed E-state index contributed by atoms with van der Waals surface area (Å²) in [6.07, 6.45) is 0.848. The zero-order valence-electron chi connectivity index (χ0n) is 13.7. The molecule has 0 aliphatic heterocycles. The molecule has 0 radical (unpaired) electrons. The molecule has 128 valence electrons. The summed E-state index contributed by atoms with van der Waals surface area (Å²) in [5.74, 6) is 0.290. The number of nitrogens with one attached hydrogen (secondary N) is 2. The maximum Gasteiger partial charge on any atom is 0.223 e. The van der Waals surface area contributed by atoms with Gasteiger partial charge in [0.25, 0.3) is 0 Å². The first-order valence-electron chi connectivity index (χ1n) is 8.24. The van der Waals surface area contributed by atoms with Crippen LogP contribution in [0.25, 0.3) is 10.8 Å². The Balaban J connectivity index is 1.56. The van der Waals surface area contributed by atoms with Crippen molar-refractivity contribution in [3.05, 3.63) is 48.0 Å². The first-order valence-corrected chi connectivity index (χ1v) is 9.90. The van der Waals surface area contributed by atoms with Gasteiger partial charge in [-0.3, -0.25) is 4.79 Å². The maximum atomic E-state index is 12.2. The van der Waals surface area contributed by atoms with Crippen LogP contribution < -0.4 is 10.0 Å². The average molecular weight is 346 g/mol. The molecule has 6 heteroatoms. The molecule has 0 bridgehead atoms. The van der Waals surface area contributed by atoms with Crippen LogP contribution >= 0.6 is 0 Å². The normalized spacial score (nSPS) is 20.0. The molecule has 0 heterocycles. The molecule has 0 aromatic heterocycles. The van der Waals surface area contributed by atoms with Crippen LogP contribution in [0.5, 0.6) is 0 Å². The molecule has 1 amide bonds. The number of carbonyl (C=O) groups is 1. The van der Waals surface area contributed by atoms with E-state index in [1.807, 2.05) is 18.2 Å². The van der Waals surface area contributed by atoms with Gasteiger partial charge in [-0.1, -0.05) is 42.5 Å². The lowest BCUT2D eigenvalue weighted by molar-refractivity contribution is -0.122. The third kappa shape index (κ3) is 3.76. The van der Waals surface area contributed by atoms with Crippen LogP contribution in [0.2, 0.25) is 0 Å². The molecule has 24 heavy (non-hydrogen) atoms. The lowest BCUT2D eigenvalue weighted by atomic mass is 10.00. The minimum Gasteiger partial charge on any atom is -0.355 e. The van der Waals surface area contributed by atoms with Crippen LogP contribution in [-0.4, -0.2) is 33.2 Å². The van der Waals surface area contributed by atoms with Gasteiger partial charge in [0.15, 0.2) is 0 Å². The van der Waals surface area contributed by atoms with Gasteiger partial charge in [0.2, 0.25) is 15.9 Å². The lowest BCUT2D eigenvalue weighted by Gasteiger charge is -2.08. The van der Waals surface area contributed by atoms with E-state index in [1.165, 1.54) is 16.3 Å². The van der Waals surface area contributed by atoms with Gasteiger partial charge in [-0.25, -0.2) is 13.1 Å². The molecule has 2 aromatic carbocycles. The van der Waals surface area contributed by atoms with Crippen molar-refractivity contribution in [2.75, 3.05) is 18.8 Å². The number of rotatable bonds is 7. The quantitative estimate of drug-likeness (QED) is 0.753.